The van der Waals surface area contributed by atoms with Crippen LogP contribution < -0.4 is 5.32 Å². The second kappa shape index (κ2) is 13.3. The summed E-state index contributed by atoms with van der Waals surface area (Å²) in [4.78, 5) is 38.0. The Morgan fingerprint density at radius 1 is 0.698 bits per heavy atom. The molecule has 0 fully saturated rings. The summed E-state index contributed by atoms with van der Waals surface area (Å²) < 4.78 is 10.7. The van der Waals surface area contributed by atoms with E-state index in [1.54, 1.807) is 18.2 Å². The number of fused-ring (bicyclic) bond motifs is 1. The van der Waals surface area contributed by atoms with Gasteiger partial charge in [0.2, 0.25) is 0 Å². The topological polar surface area (TPSA) is 81.7 Å². The lowest BCUT2D eigenvalue weighted by molar-refractivity contribution is -0.139. The number of carbonyl (C=O) groups excluding carboxylic acids is 3. The van der Waals surface area contributed by atoms with Crippen LogP contribution in [-0.2, 0) is 27.4 Å². The number of hydrogen-bond acceptors (Lipinski definition) is 5. The van der Waals surface area contributed by atoms with Crippen molar-refractivity contribution >= 4 is 23.9 Å². The molecule has 1 amide bonds. The molecule has 0 heterocycles. The maximum absolute atomic E-state index is 13.0. The van der Waals surface area contributed by atoms with E-state index in [9.17, 15) is 14.4 Å². The molecule has 5 rings (SSSR count). The van der Waals surface area contributed by atoms with Gasteiger partial charge < -0.3 is 14.8 Å². The number of esters is 2. The van der Waals surface area contributed by atoms with Crippen molar-refractivity contribution in [2.45, 2.75) is 39.8 Å². The van der Waals surface area contributed by atoms with E-state index in [4.69, 9.17) is 9.47 Å². The molecule has 0 radical (unpaired) electrons. The summed E-state index contributed by atoms with van der Waals surface area (Å²) >= 11 is 0. The molecule has 2 atom stereocenters. The quantitative estimate of drug-likeness (QED) is 0.212. The molecular formula is C37H35NO5. The van der Waals surface area contributed by atoms with E-state index in [1.165, 1.54) is 5.56 Å². The van der Waals surface area contributed by atoms with Crippen molar-refractivity contribution < 1.29 is 23.9 Å². The van der Waals surface area contributed by atoms with E-state index in [1.807, 2.05) is 73.7 Å². The van der Waals surface area contributed by atoms with E-state index in [0.29, 0.717) is 29.9 Å². The van der Waals surface area contributed by atoms with Crippen LogP contribution in [0.5, 0.6) is 0 Å². The summed E-state index contributed by atoms with van der Waals surface area (Å²) in [5.74, 6) is -0.615. The first-order valence-electron chi connectivity index (χ1n) is 14.5. The molecule has 0 saturated carbocycles. The predicted octanol–water partition coefficient (Wildman–Crippen LogP) is 7.34. The van der Waals surface area contributed by atoms with Gasteiger partial charge in [0, 0.05) is 17.7 Å². The largest absolute Gasteiger partial charge is 0.463 e. The van der Waals surface area contributed by atoms with Gasteiger partial charge in [-0.3, -0.25) is 4.79 Å². The molecule has 0 saturated heterocycles. The van der Waals surface area contributed by atoms with Gasteiger partial charge in [0.05, 0.1) is 12.2 Å². The first kappa shape index (κ1) is 29.5. The van der Waals surface area contributed by atoms with Crippen molar-refractivity contribution in [3.63, 3.8) is 0 Å². The lowest BCUT2D eigenvalue weighted by atomic mass is 9.76. The number of benzene rings is 4. The minimum Gasteiger partial charge on any atom is -0.463 e. The van der Waals surface area contributed by atoms with Crippen LogP contribution in [0.1, 0.15) is 69.7 Å². The predicted molar refractivity (Wildman–Crippen MR) is 167 cm³/mol. The summed E-state index contributed by atoms with van der Waals surface area (Å²) in [5, 5.41) is 2.96. The molecule has 0 aliphatic heterocycles. The van der Waals surface area contributed by atoms with E-state index in [2.05, 4.69) is 37.4 Å². The first-order valence-corrected chi connectivity index (χ1v) is 14.5. The van der Waals surface area contributed by atoms with Gasteiger partial charge in [-0.1, -0.05) is 80.6 Å². The fourth-order valence-corrected chi connectivity index (χ4v) is 5.28. The fourth-order valence-electron chi connectivity index (χ4n) is 5.28. The van der Waals surface area contributed by atoms with Crippen molar-refractivity contribution in [2.75, 3.05) is 6.61 Å². The molecule has 6 heteroatoms. The molecule has 43 heavy (non-hydrogen) atoms. The number of ether oxygens (including phenoxy) is 2. The van der Waals surface area contributed by atoms with Gasteiger partial charge in [-0.15, -0.1) is 0 Å². The summed E-state index contributed by atoms with van der Waals surface area (Å²) in [6.45, 7) is 6.87. The lowest BCUT2D eigenvalue weighted by Crippen LogP contribution is -2.22. The van der Waals surface area contributed by atoms with Gasteiger partial charge in [-0.2, -0.15) is 0 Å². The minimum atomic E-state index is -0.394. The van der Waals surface area contributed by atoms with Gasteiger partial charge in [0.1, 0.15) is 6.61 Å². The van der Waals surface area contributed by atoms with Gasteiger partial charge >= 0.3 is 11.9 Å². The Balaban J connectivity index is 1.23. The van der Waals surface area contributed by atoms with Crippen molar-refractivity contribution in [3.05, 3.63) is 136 Å². The van der Waals surface area contributed by atoms with Crippen LogP contribution >= 0.6 is 0 Å². The zero-order valence-corrected chi connectivity index (χ0v) is 24.6. The molecule has 1 aliphatic carbocycles. The highest BCUT2D eigenvalue weighted by Gasteiger charge is 2.30. The second-order valence-corrected chi connectivity index (χ2v) is 10.8. The molecule has 0 spiro atoms. The van der Waals surface area contributed by atoms with Crippen molar-refractivity contribution in [3.8, 4) is 11.1 Å². The average molecular weight is 574 g/mol. The van der Waals surface area contributed by atoms with Crippen molar-refractivity contribution in [1.82, 2.24) is 5.32 Å². The van der Waals surface area contributed by atoms with Crippen LogP contribution in [0.15, 0.2) is 103 Å². The zero-order valence-electron chi connectivity index (χ0n) is 24.6. The van der Waals surface area contributed by atoms with E-state index in [-0.39, 0.29) is 30.3 Å². The monoisotopic (exact) mass is 573 g/mol. The standard InChI is InChI=1S/C37H35NO5/c1-4-42-37(41)34-21-32-20-30(17-18-33(32)24(2)25(34)3)29-11-8-12-31(19-29)35(39)38-22-26-13-15-28(16-14-26)36(40)43-23-27-9-6-5-7-10-27/h5-21,24-25H,4,22-23H2,1-3H3,(H,38,39). The lowest BCUT2D eigenvalue weighted by Gasteiger charge is -2.29. The summed E-state index contributed by atoms with van der Waals surface area (Å²) in [6, 6.07) is 30.3. The molecule has 4 aromatic rings. The molecule has 4 aromatic carbocycles. The third-order valence-corrected chi connectivity index (χ3v) is 7.95. The molecule has 0 bridgehead atoms. The van der Waals surface area contributed by atoms with Crippen LogP contribution in [0.3, 0.4) is 0 Å². The smallest absolute Gasteiger partial charge is 0.338 e. The summed E-state index contributed by atoms with van der Waals surface area (Å²) in [5.41, 5.74) is 7.53. The molecule has 2 unspecified atom stereocenters. The molecule has 6 nitrogen and oxygen atoms in total. The number of rotatable bonds is 9. The zero-order chi connectivity index (χ0) is 30.3. The van der Waals surface area contributed by atoms with Gasteiger partial charge in [0.25, 0.3) is 5.91 Å². The Morgan fingerprint density at radius 2 is 1.44 bits per heavy atom. The molecular weight excluding hydrogens is 538 g/mol. The molecule has 1 aliphatic rings. The Hall–Kier alpha value is -4.97. The van der Waals surface area contributed by atoms with Crippen molar-refractivity contribution in [2.24, 2.45) is 5.92 Å². The van der Waals surface area contributed by atoms with Crippen LogP contribution in [0.4, 0.5) is 0 Å². The molecule has 1 N–H and O–H groups in total. The highest BCUT2D eigenvalue weighted by molar-refractivity contribution is 5.97. The normalized spacial score (nSPS) is 15.6. The third kappa shape index (κ3) is 6.92. The number of amides is 1. The maximum Gasteiger partial charge on any atom is 0.338 e. The number of hydrogen-bond donors (Lipinski definition) is 1. The third-order valence-electron chi connectivity index (χ3n) is 7.95. The number of nitrogens with one attached hydrogen (secondary N) is 1. The van der Waals surface area contributed by atoms with Gasteiger partial charge in [0.15, 0.2) is 0 Å². The van der Waals surface area contributed by atoms with Crippen LogP contribution in [0.25, 0.3) is 17.2 Å². The summed E-state index contributed by atoms with van der Waals surface area (Å²) in [7, 11) is 0. The number of carbonyl (C=O) groups is 3. The second-order valence-electron chi connectivity index (χ2n) is 10.8. The Labute approximate surface area is 252 Å². The van der Waals surface area contributed by atoms with E-state index in [0.717, 1.165) is 27.8 Å². The van der Waals surface area contributed by atoms with Gasteiger partial charge in [-0.25, -0.2) is 9.59 Å². The minimum absolute atomic E-state index is 0.0640. The summed E-state index contributed by atoms with van der Waals surface area (Å²) in [6.07, 6.45) is 1.94. The van der Waals surface area contributed by atoms with Crippen LogP contribution in [0, 0.1) is 5.92 Å². The SMILES string of the molecule is CCOC(=O)C1=Cc2cc(-c3cccc(C(=O)NCc4ccc(C(=O)OCc5ccccc5)cc4)c3)ccc2C(C)C1C. The Morgan fingerprint density at radius 3 is 2.19 bits per heavy atom. The van der Waals surface area contributed by atoms with Crippen molar-refractivity contribution in [1.29, 1.82) is 0 Å². The highest BCUT2D eigenvalue weighted by atomic mass is 16.5. The highest BCUT2D eigenvalue weighted by Crippen LogP contribution is 2.40. The van der Waals surface area contributed by atoms with E-state index >= 15 is 0 Å². The Bertz CT molecular complexity index is 1660. The first-order chi connectivity index (χ1) is 20.8. The molecule has 0 aromatic heterocycles. The fraction of sp³-hybridized carbons (Fsp3) is 0.216. The Kier molecular flexibility index (Phi) is 9.16. The van der Waals surface area contributed by atoms with Crippen LogP contribution in [0.2, 0.25) is 0 Å². The average Bonchev–Trinajstić information content (AvgIpc) is 3.04. The molecule has 218 valence electrons. The van der Waals surface area contributed by atoms with Gasteiger partial charge in [-0.05, 0) is 88.5 Å². The maximum atomic E-state index is 13.0. The van der Waals surface area contributed by atoms with Crippen LogP contribution in [-0.4, -0.2) is 24.5 Å². The van der Waals surface area contributed by atoms with E-state index < -0.39 is 5.97 Å².